The first-order valence-electron chi connectivity index (χ1n) is 6.11. The van der Waals surface area contributed by atoms with Gasteiger partial charge in [-0.1, -0.05) is 6.42 Å². The topological polar surface area (TPSA) is 47.9 Å². The van der Waals surface area contributed by atoms with Gasteiger partial charge in [-0.2, -0.15) is 0 Å². The van der Waals surface area contributed by atoms with Gasteiger partial charge in [0.25, 0.3) is 0 Å². The molecule has 3 aliphatic rings. The van der Waals surface area contributed by atoms with E-state index in [1.807, 2.05) is 0 Å². The summed E-state index contributed by atoms with van der Waals surface area (Å²) in [5.41, 5.74) is 0. The normalized spacial score (nSPS) is 41.4. The summed E-state index contributed by atoms with van der Waals surface area (Å²) in [6.45, 7) is 0.520. The molecule has 1 saturated heterocycles. The van der Waals surface area contributed by atoms with Gasteiger partial charge in [0.1, 0.15) is 12.2 Å². The zero-order chi connectivity index (χ0) is 11.0. The summed E-state index contributed by atoms with van der Waals surface area (Å²) in [6.07, 6.45) is 7.60. The van der Waals surface area contributed by atoms with E-state index in [-0.39, 0.29) is 12.2 Å². The Kier molecular flexibility index (Phi) is 2.65. The van der Waals surface area contributed by atoms with Crippen LogP contribution in [0.15, 0.2) is 12.3 Å². The van der Waals surface area contributed by atoms with Gasteiger partial charge in [0.15, 0.2) is 11.9 Å². The fourth-order valence-electron chi connectivity index (χ4n) is 2.78. The van der Waals surface area contributed by atoms with Crippen LogP contribution in [0.4, 0.5) is 0 Å². The highest BCUT2D eigenvalue weighted by Crippen LogP contribution is 2.39. The molecule has 0 amide bonds. The van der Waals surface area contributed by atoms with E-state index in [0.717, 1.165) is 25.7 Å². The molecule has 1 spiro atoms. The van der Waals surface area contributed by atoms with E-state index in [2.05, 4.69) is 0 Å². The van der Waals surface area contributed by atoms with Crippen molar-refractivity contribution in [3.05, 3.63) is 12.3 Å². The van der Waals surface area contributed by atoms with Crippen molar-refractivity contribution < 1.29 is 19.3 Å². The molecule has 4 heteroatoms. The number of fused-ring (bicyclic) bond motifs is 1. The van der Waals surface area contributed by atoms with Gasteiger partial charge >= 0.3 is 0 Å². The molecule has 0 bridgehead atoms. The van der Waals surface area contributed by atoms with E-state index in [0.29, 0.717) is 6.61 Å². The maximum atomic E-state index is 9.87. The molecule has 0 aromatic rings. The van der Waals surface area contributed by atoms with Gasteiger partial charge in [-0.15, -0.1) is 0 Å². The molecular formula is C12H18O4. The van der Waals surface area contributed by atoms with E-state index >= 15 is 0 Å². The van der Waals surface area contributed by atoms with Gasteiger partial charge in [-0.05, 0) is 18.9 Å². The highest BCUT2D eigenvalue weighted by Gasteiger charge is 2.47. The molecule has 0 aromatic heterocycles. The zero-order valence-electron chi connectivity index (χ0n) is 9.30. The second kappa shape index (κ2) is 4.02. The van der Waals surface area contributed by atoms with E-state index in [4.69, 9.17) is 14.2 Å². The van der Waals surface area contributed by atoms with Crippen molar-refractivity contribution in [1.82, 2.24) is 0 Å². The van der Waals surface area contributed by atoms with E-state index in [9.17, 15) is 5.11 Å². The molecule has 90 valence electrons. The maximum Gasteiger partial charge on any atom is 0.169 e. The van der Waals surface area contributed by atoms with Crippen LogP contribution in [0.2, 0.25) is 0 Å². The molecule has 1 aliphatic carbocycles. The summed E-state index contributed by atoms with van der Waals surface area (Å²) in [6, 6.07) is 0. The lowest BCUT2D eigenvalue weighted by Crippen LogP contribution is -2.57. The Hall–Kier alpha value is -0.580. The molecule has 3 rings (SSSR count). The summed E-state index contributed by atoms with van der Waals surface area (Å²) in [4.78, 5) is 0. The van der Waals surface area contributed by atoms with Gasteiger partial charge in [0, 0.05) is 12.8 Å². The lowest BCUT2D eigenvalue weighted by molar-refractivity contribution is -0.343. The van der Waals surface area contributed by atoms with E-state index in [1.165, 1.54) is 12.7 Å². The van der Waals surface area contributed by atoms with Gasteiger partial charge < -0.3 is 19.3 Å². The second-order valence-corrected chi connectivity index (χ2v) is 4.86. The van der Waals surface area contributed by atoms with E-state index in [1.54, 1.807) is 6.08 Å². The van der Waals surface area contributed by atoms with Crippen molar-refractivity contribution in [3.8, 4) is 0 Å². The molecule has 2 heterocycles. The standard InChI is InChI=1S/C12H18O4/c13-9-4-7-14-10-8-15-12(16-11(9)10)5-2-1-3-6-12/h4,7,9-11,13H,1-3,5-6,8H2/t9-,10-,11+/m1/s1. The summed E-state index contributed by atoms with van der Waals surface area (Å²) >= 11 is 0. The average molecular weight is 226 g/mol. The van der Waals surface area contributed by atoms with Crippen LogP contribution in [0.25, 0.3) is 0 Å². The van der Waals surface area contributed by atoms with Crippen LogP contribution in [0.3, 0.4) is 0 Å². The molecule has 0 radical (unpaired) electrons. The molecule has 4 nitrogen and oxygen atoms in total. The number of aliphatic hydroxyl groups is 1. The van der Waals surface area contributed by atoms with Gasteiger partial charge in [-0.3, -0.25) is 0 Å². The number of ether oxygens (including phenoxy) is 3. The largest absolute Gasteiger partial charge is 0.493 e. The summed E-state index contributed by atoms with van der Waals surface area (Å²) < 4.78 is 17.2. The fourth-order valence-corrected chi connectivity index (χ4v) is 2.78. The smallest absolute Gasteiger partial charge is 0.169 e. The fraction of sp³-hybridized carbons (Fsp3) is 0.833. The third-order valence-electron chi connectivity index (χ3n) is 3.71. The zero-order valence-corrected chi connectivity index (χ0v) is 9.30. The van der Waals surface area contributed by atoms with Crippen molar-refractivity contribution in [1.29, 1.82) is 0 Å². The van der Waals surface area contributed by atoms with Crippen LogP contribution in [0.5, 0.6) is 0 Å². The van der Waals surface area contributed by atoms with Crippen LogP contribution in [0, 0.1) is 0 Å². The lowest BCUT2D eigenvalue weighted by atomic mass is 9.92. The van der Waals surface area contributed by atoms with Crippen molar-refractivity contribution >= 4 is 0 Å². The summed E-state index contributed by atoms with van der Waals surface area (Å²) in [5, 5.41) is 9.87. The van der Waals surface area contributed by atoms with Crippen LogP contribution in [-0.4, -0.2) is 35.8 Å². The molecule has 0 unspecified atom stereocenters. The van der Waals surface area contributed by atoms with Crippen LogP contribution in [0.1, 0.15) is 32.1 Å². The first-order chi connectivity index (χ1) is 7.79. The van der Waals surface area contributed by atoms with Crippen LogP contribution < -0.4 is 0 Å². The van der Waals surface area contributed by atoms with Gasteiger partial charge in [0.05, 0.1) is 12.9 Å². The minimum Gasteiger partial charge on any atom is -0.493 e. The molecule has 1 N–H and O–H groups in total. The summed E-state index contributed by atoms with van der Waals surface area (Å²) in [5.74, 6) is -0.449. The Balaban J connectivity index is 1.75. The number of rotatable bonds is 0. The van der Waals surface area contributed by atoms with Gasteiger partial charge in [-0.25, -0.2) is 0 Å². The maximum absolute atomic E-state index is 9.87. The van der Waals surface area contributed by atoms with Gasteiger partial charge in [0.2, 0.25) is 0 Å². The monoisotopic (exact) mass is 226 g/mol. The number of hydrogen-bond acceptors (Lipinski definition) is 4. The van der Waals surface area contributed by atoms with Crippen LogP contribution in [-0.2, 0) is 14.2 Å². The molecule has 16 heavy (non-hydrogen) atoms. The SMILES string of the molecule is O[C@@H]1C=CO[C@@H]2COC3(CCCCC3)O[C@@H]12. The van der Waals surface area contributed by atoms with Crippen molar-refractivity contribution in [2.45, 2.75) is 56.2 Å². The summed E-state index contributed by atoms with van der Waals surface area (Å²) in [7, 11) is 0. The minimum atomic E-state index is -0.568. The van der Waals surface area contributed by atoms with Crippen molar-refractivity contribution in [2.24, 2.45) is 0 Å². The van der Waals surface area contributed by atoms with Crippen LogP contribution >= 0.6 is 0 Å². The second-order valence-electron chi connectivity index (χ2n) is 4.86. The molecule has 2 fully saturated rings. The predicted molar refractivity (Wildman–Crippen MR) is 56.7 cm³/mol. The highest BCUT2D eigenvalue weighted by molar-refractivity contribution is 5.00. The molecule has 1 saturated carbocycles. The Bertz CT molecular complexity index is 283. The van der Waals surface area contributed by atoms with Crippen molar-refractivity contribution in [3.63, 3.8) is 0 Å². The molecular weight excluding hydrogens is 208 g/mol. The average Bonchev–Trinajstić information content (AvgIpc) is 2.32. The number of aliphatic hydroxyl groups excluding tert-OH is 1. The first kappa shape index (κ1) is 10.6. The van der Waals surface area contributed by atoms with E-state index < -0.39 is 11.9 Å². The Morgan fingerprint density at radius 1 is 1.19 bits per heavy atom. The third-order valence-corrected chi connectivity index (χ3v) is 3.71. The molecule has 0 aromatic carbocycles. The minimum absolute atomic E-state index is 0.160. The molecule has 2 aliphatic heterocycles. The quantitative estimate of drug-likeness (QED) is 0.677. The Morgan fingerprint density at radius 3 is 2.81 bits per heavy atom. The highest BCUT2D eigenvalue weighted by atomic mass is 16.7. The molecule has 3 atom stereocenters. The third kappa shape index (κ3) is 1.75. The Morgan fingerprint density at radius 2 is 2.00 bits per heavy atom. The predicted octanol–water partition coefficient (Wildman–Crippen LogP) is 1.34. The number of hydrogen-bond donors (Lipinski definition) is 1. The first-order valence-corrected chi connectivity index (χ1v) is 6.11. The Labute approximate surface area is 95.2 Å². The lowest BCUT2D eigenvalue weighted by Gasteiger charge is -2.47. The van der Waals surface area contributed by atoms with Crippen molar-refractivity contribution in [2.75, 3.05) is 6.61 Å².